The molecule has 2 aromatic heterocycles. The van der Waals surface area contributed by atoms with Gasteiger partial charge >= 0.3 is 0 Å². The maximum Gasteiger partial charge on any atom is 0.0781 e. The van der Waals surface area contributed by atoms with Crippen molar-refractivity contribution in [3.05, 3.63) is 188 Å². The third kappa shape index (κ3) is 4.23. The zero-order valence-corrected chi connectivity index (χ0v) is 26.7. The summed E-state index contributed by atoms with van der Waals surface area (Å²) in [5.41, 5.74) is 10.3. The van der Waals surface area contributed by atoms with E-state index in [1.165, 1.54) is 54.4 Å². The lowest BCUT2D eigenvalue weighted by Crippen LogP contribution is -2.14. The largest absolute Gasteiger partial charge is 0.309 e. The number of anilines is 3. The number of benzene rings is 8. The molecule has 0 N–H and O–H groups in total. The van der Waals surface area contributed by atoms with Gasteiger partial charge in [-0.2, -0.15) is 0 Å². The van der Waals surface area contributed by atoms with Crippen molar-refractivity contribution in [3.8, 4) is 11.4 Å². The van der Waals surface area contributed by atoms with E-state index >= 15 is 0 Å². The minimum absolute atomic E-state index is 1.09. The first-order chi connectivity index (χ1) is 24.3. The molecule has 0 aliphatic carbocycles. The smallest absolute Gasteiger partial charge is 0.0781 e. The highest BCUT2D eigenvalue weighted by Crippen LogP contribution is 2.46. The SMILES string of the molecule is c1ccc(N(c2ccc3c4ccccc4n(-c4ccccc4)c3c2)c2c(-n3c4ccccc4c4ccccc43)ccc3ccccc23)cc1. The van der Waals surface area contributed by atoms with Crippen molar-refractivity contribution in [2.24, 2.45) is 0 Å². The molecule has 0 aliphatic rings. The summed E-state index contributed by atoms with van der Waals surface area (Å²) in [5.74, 6) is 0. The average molecular weight is 626 g/mol. The summed E-state index contributed by atoms with van der Waals surface area (Å²) in [7, 11) is 0. The molecule has 10 rings (SSSR count). The van der Waals surface area contributed by atoms with Gasteiger partial charge in [-0.25, -0.2) is 0 Å². The highest BCUT2D eigenvalue weighted by atomic mass is 15.2. The Morgan fingerprint density at radius 3 is 1.49 bits per heavy atom. The van der Waals surface area contributed by atoms with Gasteiger partial charge in [0.1, 0.15) is 0 Å². The lowest BCUT2D eigenvalue weighted by Gasteiger charge is -2.30. The van der Waals surface area contributed by atoms with E-state index in [1.54, 1.807) is 0 Å². The normalized spacial score (nSPS) is 11.7. The van der Waals surface area contributed by atoms with Crippen LogP contribution in [0.2, 0.25) is 0 Å². The van der Waals surface area contributed by atoms with Gasteiger partial charge in [-0.3, -0.25) is 0 Å². The van der Waals surface area contributed by atoms with E-state index in [1.807, 2.05) is 0 Å². The predicted octanol–water partition coefficient (Wildman–Crippen LogP) is 12.5. The fourth-order valence-electron chi connectivity index (χ4n) is 7.78. The number of hydrogen-bond donors (Lipinski definition) is 0. The van der Waals surface area contributed by atoms with Gasteiger partial charge in [0.15, 0.2) is 0 Å². The number of para-hydroxylation sites is 5. The van der Waals surface area contributed by atoms with Gasteiger partial charge in [-0.15, -0.1) is 0 Å². The van der Waals surface area contributed by atoms with Crippen LogP contribution in [0.4, 0.5) is 17.1 Å². The maximum atomic E-state index is 2.45. The van der Waals surface area contributed by atoms with Crippen molar-refractivity contribution in [1.82, 2.24) is 9.13 Å². The number of aromatic nitrogens is 2. The summed E-state index contributed by atoms with van der Waals surface area (Å²) >= 11 is 0. The average Bonchev–Trinajstić information content (AvgIpc) is 3.68. The van der Waals surface area contributed by atoms with Crippen LogP contribution >= 0.6 is 0 Å². The van der Waals surface area contributed by atoms with Gasteiger partial charge in [0.05, 0.1) is 33.4 Å². The van der Waals surface area contributed by atoms with Crippen LogP contribution in [-0.2, 0) is 0 Å². The molecule has 0 saturated heterocycles. The zero-order chi connectivity index (χ0) is 32.3. The standard InChI is InChI=1S/C46H31N3/c1-3-16-33(17-4-1)47(35-28-29-40-39-23-9-12-24-41(39)48(45(40)31-35)34-18-5-2-6-19-34)46-36-20-8-7-15-32(36)27-30-44(46)49-42-25-13-10-21-37(42)38-22-11-14-26-43(38)49/h1-31H. The van der Waals surface area contributed by atoms with Gasteiger partial charge in [0.2, 0.25) is 0 Å². The van der Waals surface area contributed by atoms with Gasteiger partial charge in [0.25, 0.3) is 0 Å². The van der Waals surface area contributed by atoms with E-state index in [9.17, 15) is 0 Å². The van der Waals surface area contributed by atoms with E-state index in [2.05, 4.69) is 202 Å². The van der Waals surface area contributed by atoms with Crippen LogP contribution in [0.3, 0.4) is 0 Å². The molecule has 8 aromatic carbocycles. The molecule has 3 heteroatoms. The Morgan fingerprint density at radius 2 is 0.837 bits per heavy atom. The summed E-state index contributed by atoms with van der Waals surface area (Å²) < 4.78 is 4.84. The first-order valence-corrected chi connectivity index (χ1v) is 16.8. The summed E-state index contributed by atoms with van der Waals surface area (Å²) in [6.45, 7) is 0. The second kappa shape index (κ2) is 11.0. The molecule has 0 amide bonds. The van der Waals surface area contributed by atoms with Crippen molar-refractivity contribution >= 4 is 71.4 Å². The number of nitrogens with zero attached hydrogens (tertiary/aromatic N) is 3. The van der Waals surface area contributed by atoms with E-state index in [0.717, 1.165) is 28.4 Å². The van der Waals surface area contributed by atoms with Gasteiger partial charge in [-0.05, 0) is 66.0 Å². The first kappa shape index (κ1) is 27.5. The van der Waals surface area contributed by atoms with E-state index in [0.29, 0.717) is 0 Å². The molecule has 0 bridgehead atoms. The highest BCUT2D eigenvalue weighted by molar-refractivity contribution is 6.13. The Balaban J connectivity index is 1.33. The van der Waals surface area contributed by atoms with Gasteiger partial charge in [-0.1, -0.05) is 127 Å². The van der Waals surface area contributed by atoms with Crippen molar-refractivity contribution < 1.29 is 0 Å². The highest BCUT2D eigenvalue weighted by Gasteiger charge is 2.24. The van der Waals surface area contributed by atoms with E-state index < -0.39 is 0 Å². The summed E-state index contributed by atoms with van der Waals surface area (Å²) in [6, 6.07) is 68.0. The molecule has 49 heavy (non-hydrogen) atoms. The molecule has 10 aromatic rings. The molecule has 2 heterocycles. The summed E-state index contributed by atoms with van der Waals surface area (Å²) in [5, 5.41) is 7.36. The zero-order valence-electron chi connectivity index (χ0n) is 26.7. The second-order valence-corrected chi connectivity index (χ2v) is 12.6. The van der Waals surface area contributed by atoms with Crippen LogP contribution in [0.5, 0.6) is 0 Å². The topological polar surface area (TPSA) is 13.1 Å². The fourth-order valence-corrected chi connectivity index (χ4v) is 7.78. The van der Waals surface area contributed by atoms with Crippen molar-refractivity contribution in [2.75, 3.05) is 4.90 Å². The van der Waals surface area contributed by atoms with Crippen molar-refractivity contribution in [2.45, 2.75) is 0 Å². The molecule has 0 unspecified atom stereocenters. The Hall–Kier alpha value is -6.58. The third-order valence-electron chi connectivity index (χ3n) is 9.87. The predicted molar refractivity (Wildman–Crippen MR) is 207 cm³/mol. The maximum absolute atomic E-state index is 2.45. The molecule has 3 nitrogen and oxygen atoms in total. The summed E-state index contributed by atoms with van der Waals surface area (Å²) in [4.78, 5) is 2.45. The molecule has 0 fully saturated rings. The molecule has 0 aliphatic heterocycles. The number of fused-ring (bicyclic) bond motifs is 7. The summed E-state index contributed by atoms with van der Waals surface area (Å²) in [6.07, 6.45) is 0. The van der Waals surface area contributed by atoms with Crippen LogP contribution in [0.15, 0.2) is 188 Å². The molecule has 0 spiro atoms. The molecular formula is C46H31N3. The van der Waals surface area contributed by atoms with Crippen molar-refractivity contribution in [1.29, 1.82) is 0 Å². The lowest BCUT2D eigenvalue weighted by atomic mass is 10.0. The number of hydrogen-bond acceptors (Lipinski definition) is 1. The van der Waals surface area contributed by atoms with Crippen LogP contribution < -0.4 is 4.90 Å². The van der Waals surface area contributed by atoms with E-state index in [4.69, 9.17) is 0 Å². The Kier molecular flexibility index (Phi) is 6.18. The Morgan fingerprint density at radius 1 is 0.327 bits per heavy atom. The number of rotatable bonds is 5. The molecule has 0 saturated carbocycles. The Bertz CT molecular complexity index is 2770. The van der Waals surface area contributed by atoms with Crippen LogP contribution in [0.1, 0.15) is 0 Å². The molecular weight excluding hydrogens is 595 g/mol. The molecule has 230 valence electrons. The van der Waals surface area contributed by atoms with Crippen LogP contribution in [0.25, 0.3) is 65.8 Å². The first-order valence-electron chi connectivity index (χ1n) is 16.8. The van der Waals surface area contributed by atoms with E-state index in [-0.39, 0.29) is 0 Å². The van der Waals surface area contributed by atoms with Crippen molar-refractivity contribution in [3.63, 3.8) is 0 Å². The van der Waals surface area contributed by atoms with Gasteiger partial charge in [0, 0.05) is 44.0 Å². The molecule has 0 atom stereocenters. The quantitative estimate of drug-likeness (QED) is 0.185. The molecule has 0 radical (unpaired) electrons. The minimum atomic E-state index is 1.09. The van der Waals surface area contributed by atoms with Crippen LogP contribution in [0, 0.1) is 0 Å². The third-order valence-corrected chi connectivity index (χ3v) is 9.87. The lowest BCUT2D eigenvalue weighted by molar-refractivity contribution is 1.15. The fraction of sp³-hybridized carbons (Fsp3) is 0. The van der Waals surface area contributed by atoms with Gasteiger partial charge < -0.3 is 14.0 Å². The minimum Gasteiger partial charge on any atom is -0.309 e. The Labute approximate surface area is 284 Å². The second-order valence-electron chi connectivity index (χ2n) is 12.6. The van der Waals surface area contributed by atoms with Crippen LogP contribution in [-0.4, -0.2) is 9.13 Å². The monoisotopic (exact) mass is 625 g/mol.